The number of carboxylic acid groups (broad SMARTS) is 1. The molecule has 16 heavy (non-hydrogen) atoms. The highest BCUT2D eigenvalue weighted by molar-refractivity contribution is 6.31. The molecule has 0 aromatic heterocycles. The van der Waals surface area contributed by atoms with Crippen LogP contribution in [0.1, 0.15) is 11.1 Å². The van der Waals surface area contributed by atoms with Crippen molar-refractivity contribution in [2.45, 2.75) is 12.6 Å². The zero-order chi connectivity index (χ0) is 12.5. The zero-order valence-corrected chi connectivity index (χ0v) is 8.43. The third kappa shape index (κ3) is 2.79. The van der Waals surface area contributed by atoms with Crippen LogP contribution in [0.4, 0.5) is 13.2 Å². The normalized spacial score (nSPS) is 11.5. The Kier molecular flexibility index (Phi) is 3.32. The lowest BCUT2D eigenvalue weighted by atomic mass is 10.1. The molecule has 0 aliphatic heterocycles. The molecule has 1 rings (SSSR count). The van der Waals surface area contributed by atoms with Crippen molar-refractivity contribution in [3.63, 3.8) is 0 Å². The first-order valence-electron chi connectivity index (χ1n) is 4.02. The number of halogens is 4. The van der Waals surface area contributed by atoms with Crippen LogP contribution in [0.2, 0.25) is 5.02 Å². The van der Waals surface area contributed by atoms with Gasteiger partial charge in [-0.15, -0.1) is 0 Å². The molecule has 0 aliphatic rings. The molecule has 0 atom stereocenters. The van der Waals surface area contributed by atoms with Crippen molar-refractivity contribution in [2.24, 2.45) is 0 Å². The average molecular weight is 255 g/mol. The molecule has 0 saturated heterocycles. The minimum atomic E-state index is -4.64. The second-order valence-corrected chi connectivity index (χ2v) is 3.43. The molecule has 0 saturated carbocycles. The standard InChI is InChI=1S/C9H6ClF3O3/c10-6-1-4(9(11,12)13)2-7(14)5(6)3-8(15)16/h1-2,14H,3H2,(H,15,16). The van der Waals surface area contributed by atoms with Crippen LogP contribution >= 0.6 is 11.6 Å². The largest absolute Gasteiger partial charge is 0.508 e. The van der Waals surface area contributed by atoms with Crippen molar-refractivity contribution in [2.75, 3.05) is 0 Å². The molecule has 0 amide bonds. The highest BCUT2D eigenvalue weighted by Crippen LogP contribution is 2.36. The van der Waals surface area contributed by atoms with E-state index in [2.05, 4.69) is 0 Å². The fourth-order valence-corrected chi connectivity index (χ4v) is 1.39. The monoisotopic (exact) mass is 254 g/mol. The Morgan fingerprint density at radius 3 is 2.31 bits per heavy atom. The number of carbonyl (C=O) groups is 1. The van der Waals surface area contributed by atoms with Gasteiger partial charge in [-0.1, -0.05) is 11.6 Å². The summed E-state index contributed by atoms with van der Waals surface area (Å²) < 4.78 is 36.8. The van der Waals surface area contributed by atoms with E-state index in [-0.39, 0.29) is 5.56 Å². The Hall–Kier alpha value is -1.43. The number of benzene rings is 1. The smallest absolute Gasteiger partial charge is 0.416 e. The number of phenols is 1. The van der Waals surface area contributed by atoms with Crippen LogP contribution in [0.3, 0.4) is 0 Å². The molecule has 88 valence electrons. The number of hydrogen-bond acceptors (Lipinski definition) is 2. The van der Waals surface area contributed by atoms with Crippen LogP contribution in [0, 0.1) is 0 Å². The van der Waals surface area contributed by atoms with Gasteiger partial charge < -0.3 is 10.2 Å². The molecule has 2 N–H and O–H groups in total. The maximum atomic E-state index is 12.3. The second-order valence-electron chi connectivity index (χ2n) is 3.02. The fraction of sp³-hybridized carbons (Fsp3) is 0.222. The Labute approximate surface area is 93.1 Å². The quantitative estimate of drug-likeness (QED) is 0.853. The molecule has 0 radical (unpaired) electrons. The highest BCUT2D eigenvalue weighted by Gasteiger charge is 2.32. The van der Waals surface area contributed by atoms with Crippen LogP contribution in [-0.2, 0) is 17.4 Å². The van der Waals surface area contributed by atoms with Crippen molar-refractivity contribution in [3.8, 4) is 5.75 Å². The van der Waals surface area contributed by atoms with E-state index >= 15 is 0 Å². The maximum Gasteiger partial charge on any atom is 0.416 e. The van der Waals surface area contributed by atoms with Gasteiger partial charge in [-0.2, -0.15) is 13.2 Å². The first-order chi connectivity index (χ1) is 7.21. The van der Waals surface area contributed by atoms with Gasteiger partial charge in [-0.05, 0) is 12.1 Å². The van der Waals surface area contributed by atoms with E-state index in [0.29, 0.717) is 12.1 Å². The summed E-state index contributed by atoms with van der Waals surface area (Å²) in [6.07, 6.45) is -5.27. The highest BCUT2D eigenvalue weighted by atomic mass is 35.5. The molecule has 0 aliphatic carbocycles. The SMILES string of the molecule is O=C(O)Cc1c(O)cc(C(F)(F)F)cc1Cl. The van der Waals surface area contributed by atoms with E-state index in [1.807, 2.05) is 0 Å². The van der Waals surface area contributed by atoms with Crippen LogP contribution < -0.4 is 0 Å². The van der Waals surface area contributed by atoms with Crippen LogP contribution in [0.15, 0.2) is 12.1 Å². The van der Waals surface area contributed by atoms with E-state index < -0.39 is 34.9 Å². The van der Waals surface area contributed by atoms with Gasteiger partial charge in [0.2, 0.25) is 0 Å². The molecule has 1 aromatic carbocycles. The summed E-state index contributed by atoms with van der Waals surface area (Å²) in [5.74, 6) is -2.07. The van der Waals surface area contributed by atoms with E-state index in [4.69, 9.17) is 16.7 Å². The van der Waals surface area contributed by atoms with E-state index in [9.17, 15) is 23.1 Å². The number of alkyl halides is 3. The summed E-state index contributed by atoms with van der Waals surface area (Å²) in [5, 5.41) is 17.3. The van der Waals surface area contributed by atoms with Gasteiger partial charge in [-0.25, -0.2) is 0 Å². The fourth-order valence-electron chi connectivity index (χ4n) is 1.11. The minimum Gasteiger partial charge on any atom is -0.508 e. The van der Waals surface area contributed by atoms with Gasteiger partial charge in [0, 0.05) is 10.6 Å². The maximum absolute atomic E-state index is 12.3. The van der Waals surface area contributed by atoms with Crippen LogP contribution in [0.25, 0.3) is 0 Å². The van der Waals surface area contributed by atoms with Crippen LogP contribution in [-0.4, -0.2) is 16.2 Å². The Bertz CT molecular complexity index is 405. The second kappa shape index (κ2) is 4.21. The van der Waals surface area contributed by atoms with Gasteiger partial charge in [0.15, 0.2) is 0 Å². The summed E-state index contributed by atoms with van der Waals surface area (Å²) in [6.45, 7) is 0. The molecule has 0 bridgehead atoms. The van der Waals surface area contributed by atoms with Gasteiger partial charge in [0.1, 0.15) is 5.75 Å². The van der Waals surface area contributed by atoms with Crippen LogP contribution in [0.5, 0.6) is 5.75 Å². The summed E-state index contributed by atoms with van der Waals surface area (Å²) >= 11 is 5.46. The van der Waals surface area contributed by atoms with Crippen molar-refractivity contribution in [1.82, 2.24) is 0 Å². The van der Waals surface area contributed by atoms with Crippen molar-refractivity contribution >= 4 is 17.6 Å². The molecule has 0 fully saturated rings. The third-order valence-electron chi connectivity index (χ3n) is 1.83. The first kappa shape index (κ1) is 12.6. The molecule has 1 aromatic rings. The molecular formula is C9H6ClF3O3. The molecule has 7 heteroatoms. The predicted octanol–water partition coefficient (Wildman–Crippen LogP) is 2.69. The van der Waals surface area contributed by atoms with E-state index in [1.165, 1.54) is 0 Å². The lowest BCUT2D eigenvalue weighted by Gasteiger charge is -2.10. The number of aliphatic carboxylic acids is 1. The number of hydrogen-bond donors (Lipinski definition) is 2. The van der Waals surface area contributed by atoms with Gasteiger partial charge in [0.05, 0.1) is 12.0 Å². The zero-order valence-electron chi connectivity index (χ0n) is 7.68. The van der Waals surface area contributed by atoms with Gasteiger partial charge in [0.25, 0.3) is 0 Å². The number of aromatic hydroxyl groups is 1. The average Bonchev–Trinajstić information content (AvgIpc) is 2.09. The Morgan fingerprint density at radius 2 is 1.94 bits per heavy atom. The third-order valence-corrected chi connectivity index (χ3v) is 2.16. The van der Waals surface area contributed by atoms with Crippen molar-refractivity contribution in [3.05, 3.63) is 28.3 Å². The lowest BCUT2D eigenvalue weighted by molar-refractivity contribution is -0.137. The summed E-state index contributed by atoms with van der Waals surface area (Å²) in [6, 6.07) is 1.03. The molecule has 3 nitrogen and oxygen atoms in total. The lowest BCUT2D eigenvalue weighted by Crippen LogP contribution is -2.07. The van der Waals surface area contributed by atoms with Crippen molar-refractivity contribution < 1.29 is 28.2 Å². The molecular weight excluding hydrogens is 249 g/mol. The summed E-state index contributed by atoms with van der Waals surface area (Å²) in [5.41, 5.74) is -1.36. The Morgan fingerprint density at radius 1 is 1.38 bits per heavy atom. The molecule has 0 spiro atoms. The van der Waals surface area contributed by atoms with Gasteiger partial charge >= 0.3 is 12.1 Å². The van der Waals surface area contributed by atoms with Gasteiger partial charge in [-0.3, -0.25) is 4.79 Å². The summed E-state index contributed by atoms with van der Waals surface area (Å²) in [7, 11) is 0. The predicted molar refractivity (Wildman–Crippen MR) is 49.5 cm³/mol. The first-order valence-corrected chi connectivity index (χ1v) is 4.40. The minimum absolute atomic E-state index is 0.234. The number of rotatable bonds is 2. The number of phenolic OH excluding ortho intramolecular Hbond substituents is 1. The van der Waals surface area contributed by atoms with E-state index in [1.54, 1.807) is 0 Å². The number of carboxylic acids is 1. The van der Waals surface area contributed by atoms with Crippen molar-refractivity contribution in [1.29, 1.82) is 0 Å². The molecule has 0 heterocycles. The Balaban J connectivity index is 3.23. The molecule has 0 unspecified atom stereocenters. The topological polar surface area (TPSA) is 57.5 Å². The van der Waals surface area contributed by atoms with E-state index in [0.717, 1.165) is 0 Å². The summed E-state index contributed by atoms with van der Waals surface area (Å²) in [4.78, 5) is 10.4.